The number of carbonyl (C=O) groups excluding carboxylic acids is 1. The van der Waals surface area contributed by atoms with Gasteiger partial charge in [0.1, 0.15) is 5.75 Å². The number of ether oxygens (including phenoxy) is 1. The first-order valence-corrected chi connectivity index (χ1v) is 8.20. The predicted octanol–water partition coefficient (Wildman–Crippen LogP) is 2.28. The number of rotatable bonds is 7. The zero-order valence-corrected chi connectivity index (χ0v) is 14.5. The van der Waals surface area contributed by atoms with Gasteiger partial charge in [0.2, 0.25) is 5.91 Å². The van der Waals surface area contributed by atoms with E-state index in [-0.39, 0.29) is 24.8 Å². The zero-order chi connectivity index (χ0) is 17.7. The van der Waals surface area contributed by atoms with Crippen molar-refractivity contribution in [3.8, 4) is 5.75 Å². The largest absolute Gasteiger partial charge is 0.495 e. The van der Waals surface area contributed by atoms with E-state index in [9.17, 15) is 9.59 Å². The van der Waals surface area contributed by atoms with Crippen molar-refractivity contribution in [2.24, 2.45) is 5.41 Å². The van der Waals surface area contributed by atoms with Crippen LogP contribution in [0.25, 0.3) is 0 Å². The van der Waals surface area contributed by atoms with Crippen LogP contribution in [0.3, 0.4) is 0 Å². The molecule has 1 amide bonds. The van der Waals surface area contributed by atoms with E-state index in [2.05, 4.69) is 10.2 Å². The number of hydrogen-bond acceptors (Lipinski definition) is 4. The number of carbonyl (C=O) groups is 2. The maximum absolute atomic E-state index is 12.2. The monoisotopic (exact) mass is 334 g/mol. The van der Waals surface area contributed by atoms with Gasteiger partial charge in [-0.1, -0.05) is 26.0 Å². The van der Waals surface area contributed by atoms with Gasteiger partial charge in [0.15, 0.2) is 0 Å². The lowest BCUT2D eigenvalue weighted by Gasteiger charge is -2.24. The van der Waals surface area contributed by atoms with Crippen LogP contribution in [0, 0.1) is 5.41 Å². The van der Waals surface area contributed by atoms with E-state index in [4.69, 9.17) is 9.84 Å². The van der Waals surface area contributed by atoms with Gasteiger partial charge < -0.3 is 20.1 Å². The molecule has 0 aromatic heterocycles. The minimum absolute atomic E-state index is 0.0155. The first kappa shape index (κ1) is 18.1. The standard InChI is InChI=1S/C18H26N2O4/c1-18(2,11-17(22)23)10-16(21)19-13-8-9-20(12-13)14-6-4-5-7-15(14)24-3/h4-7,13H,8-12H2,1-3H3,(H,19,21)(H,22,23)/t13-/m0/s1. The molecule has 0 aliphatic carbocycles. The Morgan fingerprint density at radius 3 is 2.71 bits per heavy atom. The van der Waals surface area contributed by atoms with E-state index in [1.54, 1.807) is 21.0 Å². The van der Waals surface area contributed by atoms with Crippen molar-refractivity contribution in [2.75, 3.05) is 25.1 Å². The van der Waals surface area contributed by atoms with Crippen molar-refractivity contribution in [3.05, 3.63) is 24.3 Å². The van der Waals surface area contributed by atoms with Gasteiger partial charge in [-0.3, -0.25) is 9.59 Å². The normalized spacial score (nSPS) is 17.6. The molecule has 2 N–H and O–H groups in total. The molecule has 1 saturated heterocycles. The summed E-state index contributed by atoms with van der Waals surface area (Å²) in [6.45, 7) is 5.18. The minimum Gasteiger partial charge on any atom is -0.495 e. The van der Waals surface area contributed by atoms with Crippen LogP contribution in [-0.2, 0) is 9.59 Å². The highest BCUT2D eigenvalue weighted by Crippen LogP contribution is 2.30. The van der Waals surface area contributed by atoms with Crippen LogP contribution in [0.1, 0.15) is 33.1 Å². The van der Waals surface area contributed by atoms with E-state index in [0.717, 1.165) is 30.9 Å². The molecule has 0 spiro atoms. The smallest absolute Gasteiger partial charge is 0.303 e. The summed E-state index contributed by atoms with van der Waals surface area (Å²) in [5.74, 6) is -0.142. The van der Waals surface area contributed by atoms with Gasteiger partial charge in [-0.15, -0.1) is 0 Å². The third-order valence-electron chi connectivity index (χ3n) is 4.25. The lowest BCUT2D eigenvalue weighted by molar-refractivity contribution is -0.139. The van der Waals surface area contributed by atoms with Crippen molar-refractivity contribution in [1.29, 1.82) is 0 Å². The lowest BCUT2D eigenvalue weighted by atomic mass is 9.85. The number of carboxylic acids is 1. The quantitative estimate of drug-likeness (QED) is 0.800. The fraction of sp³-hybridized carbons (Fsp3) is 0.556. The second-order valence-corrected chi connectivity index (χ2v) is 7.08. The van der Waals surface area contributed by atoms with Gasteiger partial charge in [-0.25, -0.2) is 0 Å². The zero-order valence-electron chi connectivity index (χ0n) is 14.5. The van der Waals surface area contributed by atoms with Crippen molar-refractivity contribution in [3.63, 3.8) is 0 Å². The SMILES string of the molecule is COc1ccccc1N1CC[C@H](NC(=O)CC(C)(C)CC(=O)O)C1. The molecular formula is C18H26N2O4. The molecule has 6 nitrogen and oxygen atoms in total. The molecule has 0 saturated carbocycles. The molecule has 0 unspecified atom stereocenters. The summed E-state index contributed by atoms with van der Waals surface area (Å²) < 4.78 is 5.39. The van der Waals surface area contributed by atoms with E-state index >= 15 is 0 Å². The molecule has 1 heterocycles. The highest BCUT2D eigenvalue weighted by molar-refractivity contribution is 5.78. The molecule has 1 aromatic rings. The van der Waals surface area contributed by atoms with Crippen molar-refractivity contribution in [1.82, 2.24) is 5.32 Å². The van der Waals surface area contributed by atoms with Crippen LogP contribution in [0.15, 0.2) is 24.3 Å². The van der Waals surface area contributed by atoms with Crippen LogP contribution < -0.4 is 15.0 Å². The minimum atomic E-state index is -0.879. The van der Waals surface area contributed by atoms with Crippen LogP contribution in [0.4, 0.5) is 5.69 Å². The third-order valence-corrected chi connectivity index (χ3v) is 4.25. The van der Waals surface area contributed by atoms with E-state index in [1.165, 1.54) is 0 Å². The molecule has 24 heavy (non-hydrogen) atoms. The van der Waals surface area contributed by atoms with E-state index in [0.29, 0.717) is 0 Å². The van der Waals surface area contributed by atoms with Crippen molar-refractivity contribution in [2.45, 2.75) is 39.2 Å². The first-order valence-electron chi connectivity index (χ1n) is 8.20. The van der Waals surface area contributed by atoms with Gasteiger partial charge in [-0.05, 0) is 24.0 Å². The third kappa shape index (κ3) is 4.88. The molecule has 1 atom stereocenters. The Kier molecular flexibility index (Phi) is 5.70. The molecule has 1 aliphatic rings. The number of nitrogens with zero attached hydrogens (tertiary/aromatic N) is 1. The molecule has 1 fully saturated rings. The molecule has 1 aromatic carbocycles. The molecule has 132 valence electrons. The highest BCUT2D eigenvalue weighted by Gasteiger charge is 2.29. The Labute approximate surface area is 142 Å². The summed E-state index contributed by atoms with van der Waals surface area (Å²) in [4.78, 5) is 25.3. The summed E-state index contributed by atoms with van der Waals surface area (Å²) in [5.41, 5.74) is 0.486. The van der Waals surface area contributed by atoms with Gasteiger partial charge in [0.05, 0.1) is 19.2 Å². The second kappa shape index (κ2) is 7.55. The van der Waals surface area contributed by atoms with Crippen LogP contribution in [0.5, 0.6) is 5.75 Å². The molecule has 6 heteroatoms. The lowest BCUT2D eigenvalue weighted by Crippen LogP contribution is -2.39. The van der Waals surface area contributed by atoms with E-state index < -0.39 is 11.4 Å². The average molecular weight is 334 g/mol. The summed E-state index contributed by atoms with van der Waals surface area (Å²) >= 11 is 0. The van der Waals surface area contributed by atoms with Crippen molar-refractivity contribution >= 4 is 17.6 Å². The van der Waals surface area contributed by atoms with Gasteiger partial charge >= 0.3 is 5.97 Å². The molecule has 2 rings (SSSR count). The Balaban J connectivity index is 1.90. The molecule has 1 aliphatic heterocycles. The summed E-state index contributed by atoms with van der Waals surface area (Å²) in [7, 11) is 1.65. The molecule has 0 bridgehead atoms. The Hall–Kier alpha value is -2.24. The molecular weight excluding hydrogens is 308 g/mol. The number of methoxy groups -OCH3 is 1. The molecule has 0 radical (unpaired) electrons. The maximum atomic E-state index is 12.2. The number of para-hydroxylation sites is 2. The van der Waals surface area contributed by atoms with Gasteiger partial charge in [-0.2, -0.15) is 0 Å². The van der Waals surface area contributed by atoms with E-state index in [1.807, 2.05) is 24.3 Å². The summed E-state index contributed by atoms with van der Waals surface area (Å²) in [6.07, 6.45) is 1.06. The topological polar surface area (TPSA) is 78.9 Å². The summed E-state index contributed by atoms with van der Waals surface area (Å²) in [5, 5.41) is 11.9. The Bertz CT molecular complexity index is 600. The second-order valence-electron chi connectivity index (χ2n) is 7.08. The number of anilines is 1. The van der Waals surface area contributed by atoms with Crippen LogP contribution >= 0.6 is 0 Å². The number of hydrogen-bond donors (Lipinski definition) is 2. The number of carboxylic acid groups (broad SMARTS) is 1. The van der Waals surface area contributed by atoms with Gasteiger partial charge in [0, 0.05) is 25.6 Å². The first-order chi connectivity index (χ1) is 11.3. The maximum Gasteiger partial charge on any atom is 0.303 e. The Morgan fingerprint density at radius 2 is 2.04 bits per heavy atom. The number of nitrogens with one attached hydrogen (secondary N) is 1. The number of amides is 1. The van der Waals surface area contributed by atoms with Crippen molar-refractivity contribution < 1.29 is 19.4 Å². The van der Waals surface area contributed by atoms with Gasteiger partial charge in [0.25, 0.3) is 0 Å². The van der Waals surface area contributed by atoms with Crippen LogP contribution in [0.2, 0.25) is 0 Å². The number of benzene rings is 1. The summed E-state index contributed by atoms with van der Waals surface area (Å²) in [6, 6.07) is 7.91. The average Bonchev–Trinajstić information content (AvgIpc) is 2.93. The highest BCUT2D eigenvalue weighted by atomic mass is 16.5. The fourth-order valence-electron chi connectivity index (χ4n) is 3.17. The fourth-order valence-corrected chi connectivity index (χ4v) is 3.17. The number of aliphatic carboxylic acids is 1. The predicted molar refractivity (Wildman–Crippen MR) is 92.4 cm³/mol. The van der Waals surface area contributed by atoms with Crippen LogP contribution in [-0.4, -0.2) is 43.2 Å². The Morgan fingerprint density at radius 1 is 1.33 bits per heavy atom.